The standard InChI is InChI=1S/C34H36N2O5/c1-20(32(39)35-25-10-6-9-23(17-25)22-7-4-3-5-8-22)29(38)31-34-15-16-36(19-21-11-12-21)27(33(34,2)40)18-24-13-14-26(37)30(41-31)28(24)34/h3-10,13-14,17,21,27,31,37-38,40H,11-12,15-16,18-19H2,1-2H3,(H,35,39)/b29-20-/t27-,31+,33-,34+/m1/s1. The van der Waals surface area contributed by atoms with E-state index in [1.807, 2.05) is 67.6 Å². The number of aliphatic hydroxyl groups excluding tert-OH is 1. The highest BCUT2D eigenvalue weighted by molar-refractivity contribution is 6.04. The third-order valence-electron chi connectivity index (χ3n) is 9.94. The molecule has 1 amide bonds. The Morgan fingerprint density at radius 3 is 2.59 bits per heavy atom. The molecule has 0 unspecified atom stereocenters. The van der Waals surface area contributed by atoms with E-state index in [2.05, 4.69) is 10.2 Å². The normalized spacial score (nSPS) is 28.9. The number of fused-ring (bicyclic) bond motifs is 1. The maximum atomic E-state index is 13.5. The molecule has 0 aromatic heterocycles. The van der Waals surface area contributed by atoms with Crippen LogP contribution in [0.5, 0.6) is 11.5 Å². The number of likely N-dealkylation sites (tertiary alicyclic amines) is 1. The molecule has 2 aliphatic carbocycles. The first-order valence-electron chi connectivity index (χ1n) is 14.6. The Balaban J connectivity index is 1.24. The fourth-order valence-corrected chi connectivity index (χ4v) is 7.52. The Morgan fingerprint density at radius 1 is 1.07 bits per heavy atom. The quantitative estimate of drug-likeness (QED) is 0.244. The molecule has 4 atom stereocenters. The van der Waals surface area contributed by atoms with Crippen molar-refractivity contribution in [3.05, 3.63) is 89.2 Å². The molecule has 3 aromatic rings. The van der Waals surface area contributed by atoms with Gasteiger partial charge in [-0.25, -0.2) is 0 Å². The van der Waals surface area contributed by atoms with E-state index in [1.54, 1.807) is 13.0 Å². The number of rotatable bonds is 6. The molecule has 3 aromatic carbocycles. The van der Waals surface area contributed by atoms with Gasteiger partial charge < -0.3 is 25.4 Å². The van der Waals surface area contributed by atoms with Gasteiger partial charge in [0.05, 0.1) is 16.6 Å². The van der Waals surface area contributed by atoms with E-state index in [-0.39, 0.29) is 23.1 Å². The number of amides is 1. The summed E-state index contributed by atoms with van der Waals surface area (Å²) in [6.07, 6.45) is 2.62. The third-order valence-corrected chi connectivity index (χ3v) is 9.94. The van der Waals surface area contributed by atoms with E-state index in [0.29, 0.717) is 30.2 Å². The number of nitrogens with one attached hydrogen (secondary N) is 1. The van der Waals surface area contributed by atoms with E-state index in [4.69, 9.17) is 4.74 Å². The molecular weight excluding hydrogens is 516 g/mol. The van der Waals surface area contributed by atoms with Crippen molar-refractivity contribution in [3.63, 3.8) is 0 Å². The molecule has 212 valence electrons. The van der Waals surface area contributed by atoms with Crippen molar-refractivity contribution in [2.75, 3.05) is 18.4 Å². The van der Waals surface area contributed by atoms with E-state index in [0.717, 1.165) is 35.3 Å². The molecule has 41 heavy (non-hydrogen) atoms. The molecule has 7 rings (SSSR count). The lowest BCUT2D eigenvalue weighted by molar-refractivity contribution is -0.153. The Labute approximate surface area is 240 Å². The maximum absolute atomic E-state index is 13.5. The van der Waals surface area contributed by atoms with Crippen LogP contribution >= 0.6 is 0 Å². The van der Waals surface area contributed by atoms with E-state index in [9.17, 15) is 20.1 Å². The molecule has 2 heterocycles. The number of hydrogen-bond acceptors (Lipinski definition) is 6. The van der Waals surface area contributed by atoms with Gasteiger partial charge in [-0.15, -0.1) is 0 Å². The fourth-order valence-electron chi connectivity index (χ4n) is 7.52. The van der Waals surface area contributed by atoms with Gasteiger partial charge in [-0.05, 0) is 86.9 Å². The first-order chi connectivity index (χ1) is 19.7. The molecule has 7 nitrogen and oxygen atoms in total. The van der Waals surface area contributed by atoms with Crippen molar-refractivity contribution in [1.29, 1.82) is 0 Å². The number of carbonyl (C=O) groups is 1. The van der Waals surface area contributed by atoms with Crippen LogP contribution in [0.4, 0.5) is 5.69 Å². The van der Waals surface area contributed by atoms with Gasteiger partial charge in [-0.1, -0.05) is 48.5 Å². The predicted molar refractivity (Wildman–Crippen MR) is 157 cm³/mol. The predicted octanol–water partition coefficient (Wildman–Crippen LogP) is 5.32. The number of aliphatic hydroxyl groups is 2. The first kappa shape index (κ1) is 26.1. The van der Waals surface area contributed by atoms with Gasteiger partial charge in [0, 0.05) is 23.8 Å². The molecule has 1 saturated heterocycles. The zero-order valence-corrected chi connectivity index (χ0v) is 23.4. The van der Waals surface area contributed by atoms with Gasteiger partial charge in [-0.2, -0.15) is 0 Å². The minimum atomic E-state index is -1.26. The molecule has 2 bridgehead atoms. The summed E-state index contributed by atoms with van der Waals surface area (Å²) in [5.41, 5.74) is 2.25. The minimum Gasteiger partial charge on any atom is -0.508 e. The summed E-state index contributed by atoms with van der Waals surface area (Å²) in [5.74, 6) is 0.281. The Bertz CT molecular complexity index is 1560. The van der Waals surface area contributed by atoms with E-state index < -0.39 is 23.0 Å². The molecular formula is C34H36N2O5. The van der Waals surface area contributed by atoms with Gasteiger partial charge in [0.1, 0.15) is 5.76 Å². The largest absolute Gasteiger partial charge is 0.508 e. The molecule has 1 spiro atoms. The third kappa shape index (κ3) is 3.97. The van der Waals surface area contributed by atoms with Crippen molar-refractivity contribution < 1.29 is 24.9 Å². The second kappa shape index (κ2) is 9.36. The topological polar surface area (TPSA) is 102 Å². The van der Waals surface area contributed by atoms with Crippen LogP contribution in [0.15, 0.2) is 78.1 Å². The average Bonchev–Trinajstić information content (AvgIpc) is 3.71. The summed E-state index contributed by atoms with van der Waals surface area (Å²) >= 11 is 0. The maximum Gasteiger partial charge on any atom is 0.254 e. The monoisotopic (exact) mass is 552 g/mol. The fraction of sp³-hybridized carbons (Fsp3) is 0.382. The molecule has 2 aliphatic heterocycles. The number of aromatic hydroxyl groups is 1. The number of benzene rings is 3. The van der Waals surface area contributed by atoms with E-state index >= 15 is 0 Å². The van der Waals surface area contributed by atoms with Gasteiger partial charge in [0.15, 0.2) is 17.6 Å². The number of hydrogen-bond donors (Lipinski definition) is 4. The molecule has 0 radical (unpaired) electrons. The highest BCUT2D eigenvalue weighted by Gasteiger charge is 2.69. The molecule has 4 aliphatic rings. The van der Waals surface area contributed by atoms with Crippen LogP contribution in [0, 0.1) is 5.92 Å². The molecule has 1 saturated carbocycles. The van der Waals surface area contributed by atoms with Crippen LogP contribution in [-0.2, 0) is 16.6 Å². The summed E-state index contributed by atoms with van der Waals surface area (Å²) in [4.78, 5) is 15.9. The van der Waals surface area contributed by atoms with Crippen LogP contribution < -0.4 is 10.1 Å². The van der Waals surface area contributed by atoms with Crippen molar-refractivity contribution in [2.24, 2.45) is 5.92 Å². The van der Waals surface area contributed by atoms with Crippen molar-refractivity contribution in [3.8, 4) is 22.6 Å². The Morgan fingerprint density at radius 2 is 1.83 bits per heavy atom. The number of piperidine rings is 1. The van der Waals surface area contributed by atoms with Gasteiger partial charge >= 0.3 is 0 Å². The highest BCUT2D eigenvalue weighted by atomic mass is 16.5. The number of phenols is 1. The Kier molecular flexibility index (Phi) is 5.96. The van der Waals surface area contributed by atoms with E-state index in [1.165, 1.54) is 12.8 Å². The van der Waals surface area contributed by atoms with Crippen LogP contribution in [-0.4, -0.2) is 57.0 Å². The molecule has 7 heteroatoms. The van der Waals surface area contributed by atoms with Gasteiger partial charge in [-0.3, -0.25) is 9.69 Å². The van der Waals surface area contributed by atoms with Crippen molar-refractivity contribution in [1.82, 2.24) is 4.90 Å². The number of anilines is 1. The zero-order valence-electron chi connectivity index (χ0n) is 23.4. The van der Waals surface area contributed by atoms with Crippen molar-refractivity contribution in [2.45, 2.75) is 62.7 Å². The van der Waals surface area contributed by atoms with Crippen molar-refractivity contribution >= 4 is 11.6 Å². The highest BCUT2D eigenvalue weighted by Crippen LogP contribution is 2.63. The van der Waals surface area contributed by atoms with Crippen LogP contribution in [0.2, 0.25) is 0 Å². The number of phenolic OH excluding ortho intramolecular Hbond substituents is 1. The van der Waals surface area contributed by atoms with Crippen LogP contribution in [0.25, 0.3) is 11.1 Å². The summed E-state index contributed by atoms with van der Waals surface area (Å²) in [7, 11) is 0. The Hall–Kier alpha value is -3.81. The lowest BCUT2D eigenvalue weighted by atomic mass is 9.53. The van der Waals surface area contributed by atoms with Crippen LogP contribution in [0.3, 0.4) is 0 Å². The molecule has 4 N–H and O–H groups in total. The number of ether oxygens (including phenoxy) is 1. The summed E-state index contributed by atoms with van der Waals surface area (Å²) < 4.78 is 6.35. The summed E-state index contributed by atoms with van der Waals surface area (Å²) in [6, 6.07) is 20.9. The number of nitrogens with zero attached hydrogens (tertiary/aromatic N) is 1. The average molecular weight is 553 g/mol. The lowest BCUT2D eigenvalue weighted by Crippen LogP contribution is -2.73. The molecule has 2 fully saturated rings. The van der Waals surface area contributed by atoms with Crippen LogP contribution in [0.1, 0.15) is 44.2 Å². The second-order valence-electron chi connectivity index (χ2n) is 12.4. The zero-order chi connectivity index (χ0) is 28.5. The summed E-state index contributed by atoms with van der Waals surface area (Å²) in [6.45, 7) is 5.12. The SMILES string of the molecule is C/C(C(=O)Nc1cccc(-c2ccccc2)c1)=C(/O)[C@@H]1Oc2c(O)ccc3c2[C@@]12CCN(CC1CC1)[C@H](C3)[C@@]2(C)O. The van der Waals surface area contributed by atoms with Gasteiger partial charge in [0.2, 0.25) is 0 Å². The number of carbonyl (C=O) groups excluding carboxylic acids is 1. The van der Waals surface area contributed by atoms with Gasteiger partial charge in [0.25, 0.3) is 5.91 Å². The smallest absolute Gasteiger partial charge is 0.254 e. The first-order valence-corrected chi connectivity index (χ1v) is 14.6. The second-order valence-corrected chi connectivity index (χ2v) is 12.4. The minimum absolute atomic E-state index is 0.0204. The lowest BCUT2D eigenvalue weighted by Gasteiger charge is -2.59. The summed E-state index contributed by atoms with van der Waals surface area (Å²) in [5, 5.41) is 37.8.